The van der Waals surface area contributed by atoms with E-state index in [1.807, 2.05) is 0 Å². The number of rotatable bonds is 3. The number of nitrogens with zero attached hydrogens (tertiary/aromatic N) is 3. The number of amides is 3. The first-order valence-corrected chi connectivity index (χ1v) is 7.63. The highest BCUT2D eigenvalue weighted by Gasteiger charge is 2.45. The van der Waals surface area contributed by atoms with Crippen LogP contribution in [0.15, 0.2) is 24.3 Å². The lowest BCUT2D eigenvalue weighted by atomic mass is 10.1. The number of carbonyl (C=O) groups is 4. The van der Waals surface area contributed by atoms with Gasteiger partial charge in [0.25, 0.3) is 17.7 Å². The summed E-state index contributed by atoms with van der Waals surface area (Å²) in [6.45, 7) is -0.0340. The Kier molecular flexibility index (Phi) is 4.06. The fourth-order valence-electron chi connectivity index (χ4n) is 3.16. The maximum atomic E-state index is 12.8. The highest BCUT2D eigenvalue weighted by atomic mass is 16.4. The van der Waals surface area contributed by atoms with Crippen molar-refractivity contribution in [2.45, 2.75) is 18.9 Å². The van der Waals surface area contributed by atoms with Gasteiger partial charge in [-0.05, 0) is 25.0 Å². The van der Waals surface area contributed by atoms with Crippen molar-refractivity contribution in [1.29, 1.82) is 0 Å². The topological polar surface area (TPSA) is 98.2 Å². The van der Waals surface area contributed by atoms with Crippen LogP contribution in [0, 0.1) is 0 Å². The zero-order chi connectivity index (χ0) is 17.4. The molecule has 0 spiro atoms. The van der Waals surface area contributed by atoms with Gasteiger partial charge in [0.15, 0.2) is 0 Å². The average molecular weight is 331 g/mol. The van der Waals surface area contributed by atoms with Crippen LogP contribution < -0.4 is 0 Å². The SMILES string of the molecule is CN1CCCC(N2C(=O)c3ccccc3C2=O)C(=O)N1CC(=O)O. The number of hydrogen-bond acceptors (Lipinski definition) is 5. The van der Waals surface area contributed by atoms with E-state index in [0.717, 1.165) is 9.91 Å². The number of hydrazine groups is 1. The summed E-state index contributed by atoms with van der Waals surface area (Å²) in [6, 6.07) is 5.44. The van der Waals surface area contributed by atoms with Gasteiger partial charge < -0.3 is 5.11 Å². The minimum Gasteiger partial charge on any atom is -0.480 e. The first kappa shape index (κ1) is 16.1. The lowest BCUT2D eigenvalue weighted by Crippen LogP contribution is -2.54. The van der Waals surface area contributed by atoms with Gasteiger partial charge in [0.1, 0.15) is 12.6 Å². The molecule has 1 aromatic rings. The van der Waals surface area contributed by atoms with Gasteiger partial charge in [-0.25, -0.2) is 5.01 Å². The van der Waals surface area contributed by atoms with Crippen molar-refractivity contribution >= 4 is 23.7 Å². The molecule has 2 heterocycles. The Balaban J connectivity index is 1.94. The molecular formula is C16H17N3O5. The van der Waals surface area contributed by atoms with E-state index in [1.54, 1.807) is 31.3 Å². The zero-order valence-electron chi connectivity index (χ0n) is 13.1. The van der Waals surface area contributed by atoms with Gasteiger partial charge >= 0.3 is 5.97 Å². The molecule has 2 aliphatic heterocycles. The van der Waals surface area contributed by atoms with E-state index in [2.05, 4.69) is 0 Å². The number of hydrogen-bond donors (Lipinski definition) is 1. The van der Waals surface area contributed by atoms with E-state index in [0.29, 0.717) is 19.4 Å². The second-order valence-corrected chi connectivity index (χ2v) is 5.85. The molecule has 1 N–H and O–H groups in total. The molecule has 8 nitrogen and oxygen atoms in total. The molecule has 1 fully saturated rings. The lowest BCUT2D eigenvalue weighted by molar-refractivity contribution is -0.158. The Hall–Kier alpha value is -2.74. The Morgan fingerprint density at radius 2 is 1.75 bits per heavy atom. The molecule has 0 saturated carbocycles. The summed E-state index contributed by atoms with van der Waals surface area (Å²) in [5.41, 5.74) is 0.551. The molecule has 0 bridgehead atoms. The molecule has 1 unspecified atom stereocenters. The van der Waals surface area contributed by atoms with E-state index in [1.165, 1.54) is 5.01 Å². The highest BCUT2D eigenvalue weighted by Crippen LogP contribution is 2.28. The van der Waals surface area contributed by atoms with Crippen molar-refractivity contribution in [1.82, 2.24) is 14.9 Å². The average Bonchev–Trinajstić information content (AvgIpc) is 2.72. The predicted molar refractivity (Wildman–Crippen MR) is 81.9 cm³/mol. The van der Waals surface area contributed by atoms with Crippen molar-refractivity contribution < 1.29 is 24.3 Å². The third-order valence-electron chi connectivity index (χ3n) is 4.33. The quantitative estimate of drug-likeness (QED) is 0.795. The van der Waals surface area contributed by atoms with E-state index in [4.69, 9.17) is 5.11 Å². The van der Waals surface area contributed by atoms with E-state index >= 15 is 0 Å². The predicted octanol–water partition coefficient (Wildman–Crippen LogP) is 0.205. The molecule has 1 saturated heterocycles. The molecule has 0 aromatic heterocycles. The van der Waals surface area contributed by atoms with Gasteiger partial charge in [0.2, 0.25) is 0 Å². The van der Waals surface area contributed by atoms with Gasteiger partial charge in [0.05, 0.1) is 11.1 Å². The van der Waals surface area contributed by atoms with Crippen molar-refractivity contribution in [2.75, 3.05) is 20.1 Å². The monoisotopic (exact) mass is 331 g/mol. The summed E-state index contributed by atoms with van der Waals surface area (Å²) < 4.78 is 0. The fourth-order valence-corrected chi connectivity index (χ4v) is 3.16. The second-order valence-electron chi connectivity index (χ2n) is 5.85. The number of imide groups is 1. The Morgan fingerprint density at radius 1 is 1.17 bits per heavy atom. The van der Waals surface area contributed by atoms with E-state index < -0.39 is 36.3 Å². The van der Waals surface area contributed by atoms with Crippen LogP contribution in [-0.4, -0.2) is 69.9 Å². The largest absolute Gasteiger partial charge is 0.480 e. The van der Waals surface area contributed by atoms with Gasteiger partial charge in [-0.15, -0.1) is 0 Å². The molecule has 1 aromatic carbocycles. The van der Waals surface area contributed by atoms with Crippen LogP contribution in [0.3, 0.4) is 0 Å². The first-order chi connectivity index (χ1) is 11.4. The number of aliphatic carboxylic acids is 1. The van der Waals surface area contributed by atoms with Crippen LogP contribution in [0.4, 0.5) is 0 Å². The normalized spacial score (nSPS) is 21.9. The highest BCUT2D eigenvalue weighted by molar-refractivity contribution is 6.22. The molecule has 8 heteroatoms. The van der Waals surface area contributed by atoms with Crippen LogP contribution in [0.25, 0.3) is 0 Å². The molecule has 0 radical (unpaired) electrons. The molecule has 24 heavy (non-hydrogen) atoms. The molecule has 1 atom stereocenters. The third-order valence-corrected chi connectivity index (χ3v) is 4.33. The standard InChI is InChI=1S/C16H17N3O5/c1-17-8-4-7-12(16(24)18(17)9-13(20)21)19-14(22)10-5-2-3-6-11(10)15(19)23/h2-3,5-6,12H,4,7-9H2,1H3,(H,20,21). The number of fused-ring (bicyclic) bond motifs is 1. The fraction of sp³-hybridized carbons (Fsp3) is 0.375. The summed E-state index contributed by atoms with van der Waals surface area (Å²) in [4.78, 5) is 50.0. The summed E-state index contributed by atoms with van der Waals surface area (Å²) in [6.07, 6.45) is 0.876. The van der Waals surface area contributed by atoms with Gasteiger partial charge in [-0.3, -0.25) is 29.1 Å². The number of carboxylic acids is 1. The second kappa shape index (κ2) is 6.04. The molecule has 126 valence electrons. The van der Waals surface area contributed by atoms with Crippen molar-refractivity contribution in [3.63, 3.8) is 0 Å². The van der Waals surface area contributed by atoms with Crippen molar-refractivity contribution in [3.05, 3.63) is 35.4 Å². The Bertz CT molecular complexity index is 697. The summed E-state index contributed by atoms with van der Waals surface area (Å²) in [7, 11) is 1.62. The van der Waals surface area contributed by atoms with Crippen LogP contribution in [0.5, 0.6) is 0 Å². The lowest BCUT2D eigenvalue weighted by Gasteiger charge is -2.32. The maximum absolute atomic E-state index is 12.8. The van der Waals surface area contributed by atoms with Crippen LogP contribution in [-0.2, 0) is 9.59 Å². The number of carbonyl (C=O) groups excluding carboxylic acids is 3. The molecule has 3 amide bonds. The summed E-state index contributed by atoms with van der Waals surface area (Å²) in [5.74, 6) is -2.72. The van der Waals surface area contributed by atoms with Crippen LogP contribution >= 0.6 is 0 Å². The molecule has 2 aliphatic rings. The molecule has 0 aliphatic carbocycles. The molecule has 3 rings (SSSR count). The smallest absolute Gasteiger partial charge is 0.324 e. The number of benzene rings is 1. The number of carboxylic acid groups (broad SMARTS) is 1. The Labute approximate surface area is 138 Å². The van der Waals surface area contributed by atoms with Gasteiger partial charge in [0, 0.05) is 13.6 Å². The van der Waals surface area contributed by atoms with Gasteiger partial charge in [-0.2, -0.15) is 0 Å². The van der Waals surface area contributed by atoms with Gasteiger partial charge in [-0.1, -0.05) is 12.1 Å². The third kappa shape index (κ3) is 2.54. The summed E-state index contributed by atoms with van der Waals surface area (Å²) >= 11 is 0. The zero-order valence-corrected chi connectivity index (χ0v) is 13.1. The maximum Gasteiger partial charge on any atom is 0.324 e. The van der Waals surface area contributed by atoms with E-state index in [-0.39, 0.29) is 11.1 Å². The minimum absolute atomic E-state index is 0.276. The van der Waals surface area contributed by atoms with Crippen LogP contribution in [0.2, 0.25) is 0 Å². The molecular weight excluding hydrogens is 314 g/mol. The van der Waals surface area contributed by atoms with E-state index in [9.17, 15) is 19.2 Å². The Morgan fingerprint density at radius 3 is 2.29 bits per heavy atom. The first-order valence-electron chi connectivity index (χ1n) is 7.63. The minimum atomic E-state index is -1.15. The van der Waals surface area contributed by atoms with Crippen LogP contribution in [0.1, 0.15) is 33.6 Å². The summed E-state index contributed by atoms with van der Waals surface area (Å²) in [5, 5.41) is 11.6. The van der Waals surface area contributed by atoms with Crippen molar-refractivity contribution in [2.24, 2.45) is 0 Å². The van der Waals surface area contributed by atoms with Crippen molar-refractivity contribution in [3.8, 4) is 0 Å².